The number of rotatable bonds is 6. The molecule has 2 spiro atoms. The van der Waals surface area contributed by atoms with Crippen molar-refractivity contribution in [2.75, 3.05) is 6.61 Å². The molecule has 3 heteroatoms. The summed E-state index contributed by atoms with van der Waals surface area (Å²) in [5, 5.41) is 30.7. The lowest BCUT2D eigenvalue weighted by Gasteiger charge is -2.63. The molecule has 5 rings (SSSR count). The molecule has 11 atom stereocenters. The average molecular weight is 461 g/mol. The van der Waals surface area contributed by atoms with Crippen LogP contribution < -0.4 is 0 Å². The van der Waals surface area contributed by atoms with Crippen molar-refractivity contribution in [2.45, 2.75) is 124 Å². The van der Waals surface area contributed by atoms with E-state index in [9.17, 15) is 15.3 Å². The fourth-order valence-corrected chi connectivity index (χ4v) is 11.3. The molecule has 1 unspecified atom stereocenters. The van der Waals surface area contributed by atoms with E-state index in [2.05, 4.69) is 34.6 Å². The van der Waals surface area contributed by atoms with E-state index < -0.39 is 0 Å². The zero-order valence-electron chi connectivity index (χ0n) is 22.4. The largest absolute Gasteiger partial charge is 0.396 e. The second-order valence-corrected chi connectivity index (χ2v) is 14.8. The Morgan fingerprint density at radius 2 is 1.45 bits per heavy atom. The highest BCUT2D eigenvalue weighted by Gasteiger charge is 2.82. The van der Waals surface area contributed by atoms with E-state index in [0.717, 1.165) is 31.1 Å². The first-order valence-electron chi connectivity index (χ1n) is 14.4. The molecule has 3 N–H and O–H groups in total. The van der Waals surface area contributed by atoms with Crippen LogP contribution in [0.15, 0.2) is 0 Å². The van der Waals surface area contributed by atoms with Crippen molar-refractivity contribution in [3.8, 4) is 0 Å². The lowest BCUT2D eigenvalue weighted by molar-refractivity contribution is -0.161. The molecule has 0 aromatic heterocycles. The van der Waals surface area contributed by atoms with Gasteiger partial charge in [-0.25, -0.2) is 0 Å². The van der Waals surface area contributed by atoms with E-state index in [0.29, 0.717) is 33.5 Å². The van der Waals surface area contributed by atoms with Gasteiger partial charge in [0.25, 0.3) is 0 Å². The van der Waals surface area contributed by atoms with Crippen LogP contribution in [0, 0.1) is 56.7 Å². The number of fused-ring (bicyclic) bond motifs is 2. The third-order valence-corrected chi connectivity index (χ3v) is 13.7. The predicted molar refractivity (Wildman–Crippen MR) is 134 cm³/mol. The third-order valence-electron chi connectivity index (χ3n) is 13.7. The van der Waals surface area contributed by atoms with Crippen molar-refractivity contribution < 1.29 is 15.3 Å². The summed E-state index contributed by atoms with van der Waals surface area (Å²) in [4.78, 5) is 0. The van der Waals surface area contributed by atoms with Crippen molar-refractivity contribution in [3.63, 3.8) is 0 Å². The van der Waals surface area contributed by atoms with Gasteiger partial charge in [-0.2, -0.15) is 0 Å². The minimum absolute atomic E-state index is 0.0179. The predicted octanol–water partition coefficient (Wildman–Crippen LogP) is 6.19. The Morgan fingerprint density at radius 1 is 0.788 bits per heavy atom. The molecule has 0 bridgehead atoms. The van der Waals surface area contributed by atoms with Gasteiger partial charge in [0.15, 0.2) is 0 Å². The molecule has 5 fully saturated rings. The molecule has 0 radical (unpaired) electrons. The Labute approximate surface area is 203 Å². The molecule has 0 saturated heterocycles. The first-order valence-corrected chi connectivity index (χ1v) is 14.4. The highest BCUT2D eigenvalue weighted by atomic mass is 16.3. The van der Waals surface area contributed by atoms with Gasteiger partial charge < -0.3 is 15.3 Å². The van der Waals surface area contributed by atoms with E-state index in [4.69, 9.17) is 0 Å². The van der Waals surface area contributed by atoms with Gasteiger partial charge in [0, 0.05) is 12.5 Å². The van der Waals surface area contributed by atoms with Gasteiger partial charge >= 0.3 is 0 Å². The molecule has 33 heavy (non-hydrogen) atoms. The Morgan fingerprint density at radius 3 is 2.15 bits per heavy atom. The van der Waals surface area contributed by atoms with Crippen molar-refractivity contribution in [1.82, 2.24) is 0 Å². The van der Waals surface area contributed by atoms with E-state index in [-0.39, 0.29) is 30.1 Å². The number of hydrogen-bond acceptors (Lipinski definition) is 3. The normalized spacial score (nSPS) is 52.6. The summed E-state index contributed by atoms with van der Waals surface area (Å²) < 4.78 is 0. The fraction of sp³-hybridized carbons (Fsp3) is 1.00. The van der Waals surface area contributed by atoms with Crippen molar-refractivity contribution in [3.05, 3.63) is 0 Å². The van der Waals surface area contributed by atoms with Gasteiger partial charge in [-0.05, 0) is 121 Å². The molecular weight excluding hydrogens is 408 g/mol. The molecule has 0 amide bonds. The van der Waals surface area contributed by atoms with Crippen LogP contribution in [0.1, 0.15) is 112 Å². The van der Waals surface area contributed by atoms with Crippen LogP contribution >= 0.6 is 0 Å². The first kappa shape index (κ1) is 24.6. The van der Waals surface area contributed by atoms with E-state index in [1.165, 1.54) is 51.4 Å². The van der Waals surface area contributed by atoms with Gasteiger partial charge in [-0.3, -0.25) is 0 Å². The SMILES string of the molecule is CC(CO)[C@@H](O)CC[C@@H](C)[C@H]1CC[C@@]2(C)[C@@H]3CC[C@H]4C(C)(C)[C@@H](O)CC[C@@]45C[C@@]35CC[C@]12C. The second-order valence-electron chi connectivity index (χ2n) is 14.8. The van der Waals surface area contributed by atoms with Crippen molar-refractivity contribution >= 4 is 0 Å². The maximum absolute atomic E-state index is 10.8. The van der Waals surface area contributed by atoms with Crippen LogP contribution in [0.3, 0.4) is 0 Å². The number of hydrogen-bond donors (Lipinski definition) is 3. The molecule has 0 heterocycles. The molecule has 3 nitrogen and oxygen atoms in total. The zero-order chi connectivity index (χ0) is 24.0. The van der Waals surface area contributed by atoms with Gasteiger partial charge in [0.05, 0.1) is 12.2 Å². The zero-order valence-corrected chi connectivity index (χ0v) is 22.4. The third kappa shape index (κ3) is 3.03. The molecular formula is C30H52O3. The van der Waals surface area contributed by atoms with E-state index in [1.807, 2.05) is 6.92 Å². The summed E-state index contributed by atoms with van der Waals surface area (Å²) >= 11 is 0. The van der Waals surface area contributed by atoms with Gasteiger partial charge in [0.1, 0.15) is 0 Å². The average Bonchev–Trinajstić information content (AvgIpc) is 3.36. The highest BCUT2D eigenvalue weighted by molar-refractivity contribution is 5.30. The van der Waals surface area contributed by atoms with E-state index >= 15 is 0 Å². The highest BCUT2D eigenvalue weighted by Crippen LogP contribution is 2.89. The Kier molecular flexibility index (Phi) is 5.72. The summed E-state index contributed by atoms with van der Waals surface area (Å²) in [6.45, 7) is 14.5. The standard InChI is InChI=1S/C30H52O3/c1-19(7-8-22(32)20(2)17-31)21-11-13-28(6)24-10-9-23-26(3,4)25(33)12-14-29(23)18-30(24,29)16-15-27(21,28)5/h19-25,31-33H,7-18H2,1-6H3/t19-,20?,21-,22+,23+,24+,25+,27-,28+,29-,30+/m1/s1. The van der Waals surface area contributed by atoms with Crippen LogP contribution in [-0.2, 0) is 0 Å². The summed E-state index contributed by atoms with van der Waals surface area (Å²) in [7, 11) is 0. The van der Waals surface area contributed by atoms with Crippen LogP contribution in [0.25, 0.3) is 0 Å². The van der Waals surface area contributed by atoms with Crippen molar-refractivity contribution in [2.24, 2.45) is 56.7 Å². The molecule has 5 saturated carbocycles. The summed E-state index contributed by atoms with van der Waals surface area (Å²) in [5.74, 6) is 2.95. The topological polar surface area (TPSA) is 60.7 Å². The summed E-state index contributed by atoms with van der Waals surface area (Å²) in [6, 6.07) is 0. The number of aliphatic hydroxyl groups is 3. The van der Waals surface area contributed by atoms with E-state index in [1.54, 1.807) is 0 Å². The molecule has 0 aromatic carbocycles. The second kappa shape index (κ2) is 7.69. The Bertz CT molecular complexity index is 764. The summed E-state index contributed by atoms with van der Waals surface area (Å²) in [6.07, 6.45) is 13.4. The smallest absolute Gasteiger partial charge is 0.0594 e. The fourth-order valence-electron chi connectivity index (χ4n) is 11.3. The van der Waals surface area contributed by atoms with Crippen molar-refractivity contribution in [1.29, 1.82) is 0 Å². The molecule has 0 aliphatic heterocycles. The summed E-state index contributed by atoms with van der Waals surface area (Å²) in [5.41, 5.74) is 2.02. The monoisotopic (exact) mass is 460 g/mol. The van der Waals surface area contributed by atoms with Crippen LogP contribution in [0.5, 0.6) is 0 Å². The Hall–Kier alpha value is -0.120. The quantitative estimate of drug-likeness (QED) is 0.443. The van der Waals surface area contributed by atoms with Crippen LogP contribution in [-0.4, -0.2) is 34.1 Å². The molecule has 0 aromatic rings. The molecule has 190 valence electrons. The lowest BCUT2D eigenvalue weighted by Crippen LogP contribution is -2.57. The maximum atomic E-state index is 10.8. The molecule has 5 aliphatic rings. The first-order chi connectivity index (χ1) is 15.4. The van der Waals surface area contributed by atoms with Crippen LogP contribution in [0.2, 0.25) is 0 Å². The van der Waals surface area contributed by atoms with Gasteiger partial charge in [-0.1, -0.05) is 41.5 Å². The Balaban J connectivity index is 1.36. The van der Waals surface area contributed by atoms with Crippen LogP contribution in [0.4, 0.5) is 0 Å². The maximum Gasteiger partial charge on any atom is 0.0594 e. The number of aliphatic hydroxyl groups excluding tert-OH is 3. The van der Waals surface area contributed by atoms with Gasteiger partial charge in [-0.15, -0.1) is 0 Å². The lowest BCUT2D eigenvalue weighted by atomic mass is 9.41. The van der Waals surface area contributed by atoms with Gasteiger partial charge in [0.2, 0.25) is 0 Å². The molecule has 5 aliphatic carbocycles. The minimum atomic E-state index is -0.376. The minimum Gasteiger partial charge on any atom is -0.396 e.